The number of amides is 3. The maximum atomic E-state index is 13.0. The lowest BCUT2D eigenvalue weighted by molar-refractivity contribution is -0.136. The number of hydrogen-bond acceptors (Lipinski definition) is 10. The molecular weight excluding hydrogens is 761 g/mol. The first-order valence-electron chi connectivity index (χ1n) is 19.8. The van der Waals surface area contributed by atoms with Crippen LogP contribution in [0.1, 0.15) is 77.1 Å². The van der Waals surface area contributed by atoms with Crippen LogP contribution in [0.15, 0.2) is 66.9 Å². The molecule has 1 atom stereocenters. The standard InChI is InChI=1S/C43H51ClN7O5P/c1-56-38-25-33(12-10-28(38)24-40-47-26-35(44)36(48-40)23-29-8-4-5-9-39(29)57(2,3)55)50-20-16-31(17-21-50)45-18-6-7-19-46-32-11-13-34-30(22-32)27-51(43(34)54)37-14-15-41(52)49-42(37)53/h4-5,8-13,22,25-26,31,37,45-46H,6-7,14-21,23-24,27H2,1-3H3,(H,49,52,53). The van der Waals surface area contributed by atoms with Crippen molar-refractivity contribution in [2.75, 3.05) is 56.8 Å². The molecule has 0 spiro atoms. The first-order valence-corrected chi connectivity index (χ1v) is 22.7. The zero-order chi connectivity index (χ0) is 40.1. The molecule has 57 heavy (non-hydrogen) atoms. The van der Waals surface area contributed by atoms with Gasteiger partial charge >= 0.3 is 0 Å². The van der Waals surface area contributed by atoms with E-state index < -0.39 is 19.1 Å². The number of hydrogen-bond donors (Lipinski definition) is 3. The van der Waals surface area contributed by atoms with E-state index in [0.29, 0.717) is 54.0 Å². The van der Waals surface area contributed by atoms with Crippen LogP contribution in [-0.4, -0.2) is 91.3 Å². The molecule has 12 nitrogen and oxygen atoms in total. The SMILES string of the molecule is COc1cc(N2CCC(NCCCCNc3ccc4c(c3)CN(C3CCC(=O)NC3=O)C4=O)CC2)ccc1Cc1ncc(Cl)c(Cc2ccccc2P(C)(C)=O)n1. The highest BCUT2D eigenvalue weighted by Gasteiger charge is 2.39. The number of ether oxygens (including phenoxy) is 1. The van der Waals surface area contributed by atoms with E-state index in [1.165, 1.54) is 0 Å². The summed E-state index contributed by atoms with van der Waals surface area (Å²) in [5.74, 6) is 0.619. The highest BCUT2D eigenvalue weighted by Crippen LogP contribution is 2.37. The van der Waals surface area contributed by atoms with Crippen molar-refractivity contribution in [3.05, 3.63) is 106 Å². The van der Waals surface area contributed by atoms with Crippen LogP contribution in [0, 0.1) is 0 Å². The Morgan fingerprint density at radius 1 is 0.947 bits per heavy atom. The Morgan fingerprint density at radius 2 is 1.74 bits per heavy atom. The zero-order valence-corrected chi connectivity index (χ0v) is 34.5. The largest absolute Gasteiger partial charge is 0.496 e. The number of fused-ring (bicyclic) bond motifs is 1. The normalized spacial score (nSPS) is 17.5. The molecule has 4 heterocycles. The van der Waals surface area contributed by atoms with E-state index in [0.717, 1.165) is 91.0 Å². The highest BCUT2D eigenvalue weighted by molar-refractivity contribution is 7.70. The van der Waals surface area contributed by atoms with E-state index in [-0.39, 0.29) is 18.2 Å². The molecule has 3 amide bonds. The predicted octanol–water partition coefficient (Wildman–Crippen LogP) is 5.78. The van der Waals surface area contributed by atoms with E-state index in [2.05, 4.69) is 44.0 Å². The van der Waals surface area contributed by atoms with Crippen LogP contribution in [0.2, 0.25) is 5.02 Å². The van der Waals surface area contributed by atoms with Gasteiger partial charge in [0.25, 0.3) is 5.91 Å². The van der Waals surface area contributed by atoms with Crippen LogP contribution >= 0.6 is 18.7 Å². The fourth-order valence-corrected chi connectivity index (χ4v) is 9.53. The van der Waals surface area contributed by atoms with Crippen molar-refractivity contribution in [3.63, 3.8) is 0 Å². The number of anilines is 2. The molecule has 3 N–H and O–H groups in total. The van der Waals surface area contributed by atoms with Crippen LogP contribution in [0.5, 0.6) is 5.75 Å². The lowest BCUT2D eigenvalue weighted by Gasteiger charge is -2.34. The van der Waals surface area contributed by atoms with Crippen molar-refractivity contribution in [1.82, 2.24) is 25.5 Å². The van der Waals surface area contributed by atoms with Gasteiger partial charge < -0.3 is 29.7 Å². The van der Waals surface area contributed by atoms with Crippen molar-refractivity contribution in [1.29, 1.82) is 0 Å². The molecule has 2 saturated heterocycles. The molecular formula is C43H51ClN7O5P. The van der Waals surface area contributed by atoms with Crippen molar-refractivity contribution in [2.24, 2.45) is 0 Å². The molecule has 0 saturated carbocycles. The Labute approximate surface area is 339 Å². The summed E-state index contributed by atoms with van der Waals surface area (Å²) >= 11 is 6.55. The first kappa shape index (κ1) is 40.4. The second-order valence-corrected chi connectivity index (χ2v) is 19.1. The summed E-state index contributed by atoms with van der Waals surface area (Å²) in [6, 6.07) is 19.8. The quantitative estimate of drug-likeness (QED) is 0.0768. The van der Waals surface area contributed by atoms with E-state index in [1.54, 1.807) is 31.5 Å². The number of imide groups is 1. The minimum atomic E-state index is -2.47. The van der Waals surface area contributed by atoms with Crippen LogP contribution in [0.25, 0.3) is 0 Å². The number of aromatic nitrogens is 2. The number of nitrogens with zero attached hydrogens (tertiary/aromatic N) is 4. The molecule has 4 aromatic rings. The fraction of sp³-hybridized carbons (Fsp3) is 0.419. The molecule has 0 aliphatic carbocycles. The van der Waals surface area contributed by atoms with E-state index >= 15 is 0 Å². The van der Waals surface area contributed by atoms with Gasteiger partial charge in [0.1, 0.15) is 24.8 Å². The minimum Gasteiger partial charge on any atom is -0.496 e. The lowest BCUT2D eigenvalue weighted by atomic mass is 10.0. The Hall–Kier alpha value is -4.77. The molecule has 0 radical (unpaired) electrons. The molecule has 0 bridgehead atoms. The number of piperidine rings is 2. The van der Waals surface area contributed by atoms with Gasteiger partial charge in [0.15, 0.2) is 0 Å². The second kappa shape index (κ2) is 17.8. The number of carbonyl (C=O) groups excluding carboxylic acids is 3. The summed E-state index contributed by atoms with van der Waals surface area (Å²) in [5, 5.41) is 10.9. The summed E-state index contributed by atoms with van der Waals surface area (Å²) in [6.45, 7) is 7.63. The van der Waals surface area contributed by atoms with Gasteiger partial charge in [-0.25, -0.2) is 9.97 Å². The summed E-state index contributed by atoms with van der Waals surface area (Å²) in [4.78, 5) is 50.2. The Morgan fingerprint density at radius 3 is 2.51 bits per heavy atom. The zero-order valence-electron chi connectivity index (χ0n) is 32.9. The molecule has 3 aliphatic heterocycles. The third-order valence-corrected chi connectivity index (χ3v) is 13.1. The van der Waals surface area contributed by atoms with Gasteiger partial charge in [0, 0.05) is 91.6 Å². The molecule has 14 heteroatoms. The number of carbonyl (C=O) groups is 3. The maximum absolute atomic E-state index is 13.0. The fourth-order valence-electron chi connectivity index (χ4n) is 8.08. The number of halogens is 1. The summed E-state index contributed by atoms with van der Waals surface area (Å²) in [7, 11) is -0.772. The smallest absolute Gasteiger partial charge is 0.255 e. The topological polar surface area (TPSA) is 146 Å². The van der Waals surface area contributed by atoms with Crippen molar-refractivity contribution >= 4 is 53.1 Å². The molecule has 2 fully saturated rings. The van der Waals surface area contributed by atoms with Crippen molar-refractivity contribution < 1.29 is 23.7 Å². The third-order valence-electron chi connectivity index (χ3n) is 11.2. The number of rotatable bonds is 15. The van der Waals surface area contributed by atoms with Gasteiger partial charge in [-0.1, -0.05) is 41.9 Å². The lowest BCUT2D eigenvalue weighted by Crippen LogP contribution is -2.52. The van der Waals surface area contributed by atoms with Gasteiger partial charge in [-0.05, 0) is 87.4 Å². The number of benzene rings is 3. The average molecular weight is 812 g/mol. The Kier molecular flexibility index (Phi) is 12.6. The number of methoxy groups -OCH3 is 1. The van der Waals surface area contributed by atoms with Gasteiger partial charge in [0.2, 0.25) is 11.8 Å². The molecule has 1 aromatic heterocycles. The third kappa shape index (κ3) is 9.68. The monoisotopic (exact) mass is 811 g/mol. The molecule has 300 valence electrons. The number of unbranched alkanes of at least 4 members (excludes halogenated alkanes) is 1. The highest BCUT2D eigenvalue weighted by atomic mass is 35.5. The van der Waals surface area contributed by atoms with E-state index in [9.17, 15) is 18.9 Å². The van der Waals surface area contributed by atoms with Gasteiger partial charge in [-0.3, -0.25) is 19.7 Å². The first-order chi connectivity index (χ1) is 27.5. The maximum Gasteiger partial charge on any atom is 0.255 e. The molecule has 3 aromatic carbocycles. The van der Waals surface area contributed by atoms with Gasteiger partial charge in [-0.15, -0.1) is 0 Å². The van der Waals surface area contributed by atoms with Crippen LogP contribution in [0.3, 0.4) is 0 Å². The Bertz CT molecular complexity index is 2190. The van der Waals surface area contributed by atoms with Crippen LogP contribution in [0.4, 0.5) is 11.4 Å². The molecule has 7 rings (SSSR count). The van der Waals surface area contributed by atoms with Gasteiger partial charge in [0.05, 0.1) is 17.8 Å². The van der Waals surface area contributed by atoms with Gasteiger partial charge in [-0.2, -0.15) is 0 Å². The van der Waals surface area contributed by atoms with E-state index in [1.807, 2.05) is 42.5 Å². The number of nitrogens with one attached hydrogen (secondary N) is 3. The molecule has 1 unspecified atom stereocenters. The van der Waals surface area contributed by atoms with Crippen LogP contribution < -0.4 is 30.9 Å². The molecule has 3 aliphatic rings. The minimum absolute atomic E-state index is 0.154. The van der Waals surface area contributed by atoms with E-state index in [4.69, 9.17) is 21.3 Å². The summed E-state index contributed by atoms with van der Waals surface area (Å²) in [6.07, 6.45) is 7.40. The van der Waals surface area contributed by atoms with Crippen molar-refractivity contribution in [3.8, 4) is 5.75 Å². The average Bonchev–Trinajstić information content (AvgIpc) is 3.52. The Balaban J connectivity index is 0.841. The van der Waals surface area contributed by atoms with Crippen molar-refractivity contribution in [2.45, 2.75) is 70.0 Å². The summed E-state index contributed by atoms with van der Waals surface area (Å²) < 4.78 is 18.8. The predicted molar refractivity (Wildman–Crippen MR) is 225 cm³/mol. The second-order valence-electron chi connectivity index (χ2n) is 15.5. The summed E-state index contributed by atoms with van der Waals surface area (Å²) in [5.41, 5.74) is 6.29. The van der Waals surface area contributed by atoms with Crippen LogP contribution in [-0.2, 0) is 33.5 Å².